The van der Waals surface area contributed by atoms with E-state index in [2.05, 4.69) is 5.32 Å². The number of rotatable bonds is 10. The maximum Gasteiger partial charge on any atom is 0.264 e. The maximum absolute atomic E-state index is 14.0. The molecule has 1 atom stereocenters. The molecular formula is C28H30Cl3N3O4S. The lowest BCUT2D eigenvalue weighted by atomic mass is 10.1. The van der Waals surface area contributed by atoms with Crippen molar-refractivity contribution in [1.29, 1.82) is 0 Å². The number of nitrogens with one attached hydrogen (secondary N) is 1. The second kappa shape index (κ2) is 13.0. The lowest BCUT2D eigenvalue weighted by molar-refractivity contribution is -0.140. The summed E-state index contributed by atoms with van der Waals surface area (Å²) in [6.07, 6.45) is 0.299. The fraction of sp³-hybridized carbons (Fsp3) is 0.286. The lowest BCUT2D eigenvalue weighted by Crippen LogP contribution is -2.51. The summed E-state index contributed by atoms with van der Waals surface area (Å²) in [6.45, 7) is 4.76. The summed E-state index contributed by atoms with van der Waals surface area (Å²) in [7, 11) is -2.71. The molecule has 1 N–H and O–H groups in total. The molecule has 0 saturated carbocycles. The van der Waals surface area contributed by atoms with E-state index in [1.165, 1.54) is 24.1 Å². The number of hydrogen-bond acceptors (Lipinski definition) is 4. The van der Waals surface area contributed by atoms with Crippen LogP contribution in [0, 0.1) is 13.8 Å². The Morgan fingerprint density at radius 3 is 2.18 bits per heavy atom. The van der Waals surface area contributed by atoms with Gasteiger partial charge in [0.15, 0.2) is 0 Å². The molecule has 2 amide bonds. The van der Waals surface area contributed by atoms with Gasteiger partial charge in [-0.25, -0.2) is 8.42 Å². The number of carbonyl (C=O) groups excluding carboxylic acids is 2. The molecule has 0 aliphatic heterocycles. The first-order valence-electron chi connectivity index (χ1n) is 12.2. The second-order valence-corrected chi connectivity index (χ2v) is 12.1. The molecule has 3 aromatic carbocycles. The molecule has 208 valence electrons. The normalized spacial score (nSPS) is 12.1. The summed E-state index contributed by atoms with van der Waals surface area (Å²) < 4.78 is 28.9. The van der Waals surface area contributed by atoms with E-state index in [0.717, 1.165) is 9.87 Å². The van der Waals surface area contributed by atoms with Crippen molar-refractivity contribution in [2.45, 2.75) is 44.7 Å². The van der Waals surface area contributed by atoms with Crippen molar-refractivity contribution in [3.8, 4) is 0 Å². The molecular weight excluding hydrogens is 581 g/mol. The first kappa shape index (κ1) is 30.8. The molecule has 0 fully saturated rings. The third-order valence-electron chi connectivity index (χ3n) is 6.36. The molecule has 0 radical (unpaired) electrons. The Morgan fingerprint density at radius 1 is 0.923 bits per heavy atom. The van der Waals surface area contributed by atoms with Crippen molar-refractivity contribution in [2.24, 2.45) is 0 Å². The smallest absolute Gasteiger partial charge is 0.264 e. The zero-order valence-corrected chi connectivity index (χ0v) is 25.1. The Bertz CT molecular complexity index is 1460. The van der Waals surface area contributed by atoms with Crippen LogP contribution in [0.15, 0.2) is 65.6 Å². The Kier molecular flexibility index (Phi) is 10.3. The molecule has 0 saturated heterocycles. The number of sulfonamides is 1. The van der Waals surface area contributed by atoms with Crippen molar-refractivity contribution < 1.29 is 18.0 Å². The largest absolute Gasteiger partial charge is 0.357 e. The zero-order chi connectivity index (χ0) is 28.9. The van der Waals surface area contributed by atoms with E-state index in [-0.39, 0.29) is 23.0 Å². The zero-order valence-electron chi connectivity index (χ0n) is 22.0. The third-order valence-corrected chi connectivity index (χ3v) is 9.29. The molecule has 3 aromatic rings. The van der Waals surface area contributed by atoms with Gasteiger partial charge < -0.3 is 10.2 Å². The Hall–Kier alpha value is -2.78. The number of carbonyl (C=O) groups is 2. The van der Waals surface area contributed by atoms with Crippen LogP contribution in [0.1, 0.15) is 30.0 Å². The highest BCUT2D eigenvalue weighted by molar-refractivity contribution is 7.92. The van der Waals surface area contributed by atoms with Gasteiger partial charge in [0.05, 0.1) is 20.6 Å². The number of anilines is 1. The lowest BCUT2D eigenvalue weighted by Gasteiger charge is -2.33. The summed E-state index contributed by atoms with van der Waals surface area (Å²) in [5, 5.41) is 3.60. The van der Waals surface area contributed by atoms with E-state index in [1.54, 1.807) is 62.4 Å². The predicted molar refractivity (Wildman–Crippen MR) is 157 cm³/mol. The summed E-state index contributed by atoms with van der Waals surface area (Å²) in [5.41, 5.74) is 2.28. The molecule has 0 aliphatic carbocycles. The van der Waals surface area contributed by atoms with Gasteiger partial charge in [0, 0.05) is 18.6 Å². The van der Waals surface area contributed by atoms with E-state index < -0.39 is 28.5 Å². The van der Waals surface area contributed by atoms with Gasteiger partial charge in [-0.1, -0.05) is 71.6 Å². The molecule has 0 aromatic heterocycles. The average molecular weight is 611 g/mol. The van der Waals surface area contributed by atoms with E-state index >= 15 is 0 Å². The quantitative estimate of drug-likeness (QED) is 0.305. The Balaban J connectivity index is 2.11. The highest BCUT2D eigenvalue weighted by Crippen LogP contribution is 2.31. The number of aryl methyl sites for hydroxylation is 1. The molecule has 0 aliphatic rings. The summed E-state index contributed by atoms with van der Waals surface area (Å²) in [5.74, 6) is -0.954. The predicted octanol–water partition coefficient (Wildman–Crippen LogP) is 6.01. The van der Waals surface area contributed by atoms with Crippen LogP contribution in [0.25, 0.3) is 0 Å². The third kappa shape index (κ3) is 7.06. The Labute approximate surface area is 244 Å². The van der Waals surface area contributed by atoms with E-state index in [9.17, 15) is 18.0 Å². The van der Waals surface area contributed by atoms with Gasteiger partial charge in [-0.15, -0.1) is 0 Å². The summed E-state index contributed by atoms with van der Waals surface area (Å²) >= 11 is 18.6. The van der Waals surface area contributed by atoms with Crippen molar-refractivity contribution in [3.63, 3.8) is 0 Å². The number of nitrogens with zero attached hydrogens (tertiary/aromatic N) is 2. The van der Waals surface area contributed by atoms with Crippen LogP contribution in [0.5, 0.6) is 0 Å². The number of benzene rings is 3. The van der Waals surface area contributed by atoms with Crippen molar-refractivity contribution in [3.05, 3.63) is 92.4 Å². The van der Waals surface area contributed by atoms with Crippen LogP contribution in [0.3, 0.4) is 0 Å². The number of amides is 2. The van der Waals surface area contributed by atoms with Gasteiger partial charge in [0.2, 0.25) is 11.8 Å². The molecule has 0 bridgehead atoms. The summed E-state index contributed by atoms with van der Waals surface area (Å²) in [4.78, 5) is 28.2. The summed E-state index contributed by atoms with van der Waals surface area (Å²) in [6, 6.07) is 15.3. The molecule has 11 heteroatoms. The molecule has 7 nitrogen and oxygen atoms in total. The topological polar surface area (TPSA) is 86.8 Å². The Morgan fingerprint density at radius 2 is 1.59 bits per heavy atom. The van der Waals surface area contributed by atoms with Crippen molar-refractivity contribution >= 4 is 62.3 Å². The van der Waals surface area contributed by atoms with E-state index in [1.807, 2.05) is 6.92 Å². The molecule has 0 spiro atoms. The fourth-order valence-corrected chi connectivity index (χ4v) is 6.10. The molecule has 3 rings (SSSR count). The standard InChI is InChI=1S/C28H30Cl3N3O4S/c1-5-25(28(36)32-4)33(16-20-11-14-23(30)24(31)15-20)27(35)17-34(26-8-6-7-22(29)19(26)3)39(37,38)21-12-9-18(2)10-13-21/h6-15,25H,5,16-17H2,1-4H3,(H,32,36)/t25-/m0/s1. The van der Waals surface area contributed by atoms with Crippen LogP contribution in [0.4, 0.5) is 5.69 Å². The van der Waals surface area contributed by atoms with Crippen LogP contribution in [-0.4, -0.2) is 44.8 Å². The van der Waals surface area contributed by atoms with Crippen molar-refractivity contribution in [2.75, 3.05) is 17.9 Å². The molecule has 39 heavy (non-hydrogen) atoms. The molecule has 0 heterocycles. The highest BCUT2D eigenvalue weighted by atomic mass is 35.5. The van der Waals surface area contributed by atoms with Crippen LogP contribution in [0.2, 0.25) is 15.1 Å². The van der Waals surface area contributed by atoms with Gasteiger partial charge in [-0.3, -0.25) is 13.9 Å². The maximum atomic E-state index is 14.0. The number of halogens is 3. The molecule has 0 unspecified atom stereocenters. The van der Waals surface area contributed by atoms with Gasteiger partial charge in [-0.05, 0) is 67.8 Å². The van der Waals surface area contributed by atoms with Crippen LogP contribution >= 0.6 is 34.8 Å². The van der Waals surface area contributed by atoms with Gasteiger partial charge >= 0.3 is 0 Å². The SMILES string of the molecule is CC[C@@H](C(=O)NC)N(Cc1ccc(Cl)c(Cl)c1)C(=O)CN(c1cccc(Cl)c1C)S(=O)(=O)c1ccc(C)cc1. The first-order chi connectivity index (χ1) is 18.4. The minimum Gasteiger partial charge on any atom is -0.357 e. The van der Waals surface area contributed by atoms with Crippen molar-refractivity contribution in [1.82, 2.24) is 10.2 Å². The number of hydrogen-bond donors (Lipinski definition) is 1. The van der Waals surface area contributed by atoms with E-state index in [0.29, 0.717) is 32.6 Å². The van der Waals surface area contributed by atoms with E-state index in [4.69, 9.17) is 34.8 Å². The second-order valence-electron chi connectivity index (χ2n) is 9.02. The van der Waals surface area contributed by atoms with Gasteiger partial charge in [0.25, 0.3) is 10.0 Å². The van der Waals surface area contributed by atoms with Gasteiger partial charge in [-0.2, -0.15) is 0 Å². The minimum absolute atomic E-state index is 0.00853. The monoisotopic (exact) mass is 609 g/mol. The van der Waals surface area contributed by atoms with Crippen LogP contribution < -0.4 is 9.62 Å². The number of likely N-dealkylation sites (N-methyl/N-ethyl adjacent to an activating group) is 1. The first-order valence-corrected chi connectivity index (χ1v) is 14.8. The van der Waals surface area contributed by atoms with Crippen LogP contribution in [-0.2, 0) is 26.2 Å². The average Bonchev–Trinajstić information content (AvgIpc) is 2.90. The fourth-order valence-electron chi connectivity index (χ4n) is 4.14. The highest BCUT2D eigenvalue weighted by Gasteiger charge is 2.34. The van der Waals surface area contributed by atoms with Gasteiger partial charge in [0.1, 0.15) is 12.6 Å². The minimum atomic E-state index is -4.19.